The van der Waals surface area contributed by atoms with Gasteiger partial charge in [-0.2, -0.15) is 0 Å². The Balaban J connectivity index is 2.80. The largest absolute Gasteiger partial charge is 0.300 e. The number of rotatable bonds is 3. The van der Waals surface area contributed by atoms with E-state index in [0.717, 1.165) is 5.56 Å². The Morgan fingerprint density at radius 1 is 1.46 bits per heavy atom. The van der Waals surface area contributed by atoms with Crippen molar-refractivity contribution in [3.8, 4) is 12.3 Å². The predicted octanol–water partition coefficient (Wildman–Crippen LogP) is 2.38. The molecule has 0 unspecified atom stereocenters. The van der Waals surface area contributed by atoms with Crippen molar-refractivity contribution in [2.24, 2.45) is 0 Å². The van der Waals surface area contributed by atoms with Gasteiger partial charge in [0.15, 0.2) is 0 Å². The molecule has 0 N–H and O–H groups in total. The number of hydrogen-bond donors (Lipinski definition) is 0. The highest BCUT2D eigenvalue weighted by Gasteiger charge is 2.09. The molecule has 0 saturated carbocycles. The zero-order valence-corrected chi connectivity index (χ0v) is 7.66. The zero-order chi connectivity index (χ0) is 9.68. The smallest absolute Gasteiger partial charge is 0.131 e. The minimum absolute atomic E-state index is 0.0706. The summed E-state index contributed by atoms with van der Waals surface area (Å²) in [4.78, 5) is 10.9. The van der Waals surface area contributed by atoms with E-state index >= 15 is 0 Å². The Bertz CT molecular complexity index is 319. The molecule has 0 bridgehead atoms. The number of benzene rings is 1. The number of ketones is 1. The van der Waals surface area contributed by atoms with Crippen molar-refractivity contribution in [3.63, 3.8) is 0 Å². The molecule has 1 aromatic rings. The minimum Gasteiger partial charge on any atom is -0.300 e. The molecular formula is C12H12O. The first-order chi connectivity index (χ1) is 6.24. The van der Waals surface area contributed by atoms with Gasteiger partial charge in [0.1, 0.15) is 5.78 Å². The van der Waals surface area contributed by atoms with Crippen molar-refractivity contribution in [2.75, 3.05) is 0 Å². The van der Waals surface area contributed by atoms with E-state index in [1.807, 2.05) is 30.3 Å². The Morgan fingerprint density at radius 2 is 2.08 bits per heavy atom. The molecule has 0 aromatic heterocycles. The van der Waals surface area contributed by atoms with Gasteiger partial charge in [-0.25, -0.2) is 0 Å². The molecule has 1 rings (SSSR count). The first-order valence-electron chi connectivity index (χ1n) is 4.24. The lowest BCUT2D eigenvalue weighted by molar-refractivity contribution is -0.117. The van der Waals surface area contributed by atoms with Crippen LogP contribution in [-0.4, -0.2) is 5.78 Å². The third kappa shape index (κ3) is 2.76. The lowest BCUT2D eigenvalue weighted by Gasteiger charge is -2.07. The molecule has 0 aliphatic heterocycles. The monoisotopic (exact) mass is 172 g/mol. The van der Waals surface area contributed by atoms with E-state index in [1.54, 1.807) is 6.92 Å². The minimum atomic E-state index is -0.0706. The average molecular weight is 172 g/mol. The normalized spacial score (nSPS) is 11.7. The second-order valence-electron chi connectivity index (χ2n) is 3.04. The molecule has 1 atom stereocenters. The maximum atomic E-state index is 10.9. The molecule has 0 spiro atoms. The van der Waals surface area contributed by atoms with Gasteiger partial charge in [0, 0.05) is 6.42 Å². The summed E-state index contributed by atoms with van der Waals surface area (Å²) < 4.78 is 0. The molecule has 1 nitrogen and oxygen atoms in total. The second kappa shape index (κ2) is 4.47. The molecule has 1 aromatic carbocycles. The van der Waals surface area contributed by atoms with Gasteiger partial charge in [-0.3, -0.25) is 4.79 Å². The fourth-order valence-electron chi connectivity index (χ4n) is 1.25. The van der Waals surface area contributed by atoms with Gasteiger partial charge in [-0.1, -0.05) is 36.3 Å². The third-order valence-electron chi connectivity index (χ3n) is 1.89. The number of carbonyl (C=O) groups is 1. The number of hydrogen-bond acceptors (Lipinski definition) is 1. The third-order valence-corrected chi connectivity index (χ3v) is 1.89. The molecule has 0 heterocycles. The zero-order valence-electron chi connectivity index (χ0n) is 7.66. The van der Waals surface area contributed by atoms with Crippen LogP contribution in [0.3, 0.4) is 0 Å². The maximum Gasteiger partial charge on any atom is 0.131 e. The van der Waals surface area contributed by atoms with Crippen LogP contribution in [0.2, 0.25) is 0 Å². The molecule has 1 heteroatoms. The van der Waals surface area contributed by atoms with Crippen LogP contribution in [0.4, 0.5) is 0 Å². The first kappa shape index (κ1) is 9.54. The molecule has 0 aliphatic carbocycles. The van der Waals surface area contributed by atoms with Gasteiger partial charge >= 0.3 is 0 Å². The molecular weight excluding hydrogens is 160 g/mol. The molecule has 66 valence electrons. The van der Waals surface area contributed by atoms with Crippen LogP contribution in [0.1, 0.15) is 24.8 Å². The Kier molecular flexibility index (Phi) is 3.28. The molecule has 0 amide bonds. The van der Waals surface area contributed by atoms with E-state index in [-0.39, 0.29) is 11.7 Å². The van der Waals surface area contributed by atoms with Crippen LogP contribution in [0.15, 0.2) is 30.3 Å². The number of Topliss-reactive ketones (excluding diaryl/α,β-unsaturated/α-hetero) is 1. The predicted molar refractivity (Wildman–Crippen MR) is 53.3 cm³/mol. The van der Waals surface area contributed by atoms with Gasteiger partial charge in [0.2, 0.25) is 0 Å². The van der Waals surface area contributed by atoms with Crippen molar-refractivity contribution in [1.82, 2.24) is 0 Å². The highest BCUT2D eigenvalue weighted by Crippen LogP contribution is 2.18. The summed E-state index contributed by atoms with van der Waals surface area (Å²) in [6, 6.07) is 9.70. The van der Waals surface area contributed by atoms with Gasteiger partial charge in [-0.15, -0.1) is 6.42 Å². The van der Waals surface area contributed by atoms with Crippen molar-refractivity contribution in [1.29, 1.82) is 0 Å². The van der Waals surface area contributed by atoms with Gasteiger partial charge in [-0.05, 0) is 12.5 Å². The van der Waals surface area contributed by atoms with Gasteiger partial charge in [0.05, 0.1) is 5.92 Å². The van der Waals surface area contributed by atoms with E-state index in [4.69, 9.17) is 6.42 Å². The lowest BCUT2D eigenvalue weighted by atomic mass is 9.95. The topological polar surface area (TPSA) is 17.1 Å². The summed E-state index contributed by atoms with van der Waals surface area (Å²) in [6.07, 6.45) is 5.78. The van der Waals surface area contributed by atoms with Crippen LogP contribution in [0.5, 0.6) is 0 Å². The SMILES string of the molecule is C#C[C@@H](CC(C)=O)c1ccccc1. The van der Waals surface area contributed by atoms with Crippen LogP contribution in [0.25, 0.3) is 0 Å². The number of terminal acetylenes is 1. The van der Waals surface area contributed by atoms with Gasteiger partial charge in [0.25, 0.3) is 0 Å². The highest BCUT2D eigenvalue weighted by atomic mass is 16.1. The Morgan fingerprint density at radius 3 is 2.54 bits per heavy atom. The van der Waals surface area contributed by atoms with E-state index in [0.29, 0.717) is 6.42 Å². The van der Waals surface area contributed by atoms with Crippen molar-refractivity contribution in [2.45, 2.75) is 19.3 Å². The molecule has 0 aliphatic rings. The summed E-state index contributed by atoms with van der Waals surface area (Å²) in [5.41, 5.74) is 1.04. The summed E-state index contributed by atoms with van der Waals surface area (Å²) in [5, 5.41) is 0. The summed E-state index contributed by atoms with van der Waals surface area (Å²) >= 11 is 0. The van der Waals surface area contributed by atoms with Crippen LogP contribution < -0.4 is 0 Å². The van der Waals surface area contributed by atoms with E-state index in [2.05, 4.69) is 5.92 Å². The fraction of sp³-hybridized carbons (Fsp3) is 0.250. The molecule has 13 heavy (non-hydrogen) atoms. The number of carbonyl (C=O) groups excluding carboxylic acids is 1. The lowest BCUT2D eigenvalue weighted by Crippen LogP contribution is -2.01. The fourth-order valence-corrected chi connectivity index (χ4v) is 1.25. The first-order valence-corrected chi connectivity index (χ1v) is 4.24. The van der Waals surface area contributed by atoms with Crippen molar-refractivity contribution < 1.29 is 4.79 Å². The Labute approximate surface area is 78.8 Å². The van der Waals surface area contributed by atoms with Crippen molar-refractivity contribution in [3.05, 3.63) is 35.9 Å². The molecule has 0 saturated heterocycles. The molecule has 0 radical (unpaired) electrons. The van der Waals surface area contributed by atoms with Crippen LogP contribution in [0, 0.1) is 12.3 Å². The van der Waals surface area contributed by atoms with Crippen molar-refractivity contribution >= 4 is 5.78 Å². The quantitative estimate of drug-likeness (QED) is 0.640. The summed E-state index contributed by atoms with van der Waals surface area (Å²) in [6.45, 7) is 1.56. The summed E-state index contributed by atoms with van der Waals surface area (Å²) in [7, 11) is 0. The highest BCUT2D eigenvalue weighted by molar-refractivity contribution is 5.77. The molecule has 0 fully saturated rings. The second-order valence-corrected chi connectivity index (χ2v) is 3.04. The van der Waals surface area contributed by atoms with E-state index in [1.165, 1.54) is 0 Å². The maximum absolute atomic E-state index is 10.9. The van der Waals surface area contributed by atoms with Crippen LogP contribution in [-0.2, 0) is 4.79 Å². The Hall–Kier alpha value is -1.55. The van der Waals surface area contributed by atoms with E-state index < -0.39 is 0 Å². The summed E-state index contributed by atoms with van der Waals surface area (Å²) in [5.74, 6) is 2.69. The standard InChI is InChI=1S/C12H12O/c1-3-11(9-10(2)13)12-7-5-4-6-8-12/h1,4-8,11H,9H2,2H3/t11-/m0/s1. The average Bonchev–Trinajstić information content (AvgIpc) is 2.15. The van der Waals surface area contributed by atoms with Crippen LogP contribution >= 0.6 is 0 Å². The van der Waals surface area contributed by atoms with E-state index in [9.17, 15) is 4.79 Å². The van der Waals surface area contributed by atoms with Gasteiger partial charge < -0.3 is 0 Å².